The fraction of sp³-hybridized carbons (Fsp3) is 0.550. The van der Waals surface area contributed by atoms with Gasteiger partial charge >= 0.3 is 0 Å². The van der Waals surface area contributed by atoms with Gasteiger partial charge in [-0.3, -0.25) is 4.79 Å². The van der Waals surface area contributed by atoms with E-state index in [1.165, 1.54) is 20.3 Å². The largest absolute Gasteiger partial charge is 0.504 e. The first-order valence-corrected chi connectivity index (χ1v) is 9.08. The Morgan fingerprint density at radius 3 is 2.52 bits per heavy atom. The SMILES string of the molecule is COC1=CC(=O)C2(CCC3[C@@H]2c2cc(O)c(OC)c(OC)c2N3C)CC1O. The number of likely N-dealkylation sites (N-methyl/N-ethyl adjacent to an activating group) is 1. The number of aliphatic hydroxyl groups excluding tert-OH is 1. The number of allylic oxidation sites excluding steroid dienone is 1. The quantitative estimate of drug-likeness (QED) is 0.835. The Morgan fingerprint density at radius 1 is 1.19 bits per heavy atom. The highest BCUT2D eigenvalue weighted by Gasteiger charge is 2.60. The van der Waals surface area contributed by atoms with Gasteiger partial charge in [-0.15, -0.1) is 0 Å². The number of hydrogen-bond donors (Lipinski definition) is 2. The first-order valence-electron chi connectivity index (χ1n) is 9.08. The van der Waals surface area contributed by atoms with Gasteiger partial charge in [-0.2, -0.15) is 0 Å². The van der Waals surface area contributed by atoms with E-state index < -0.39 is 11.5 Å². The van der Waals surface area contributed by atoms with E-state index in [9.17, 15) is 15.0 Å². The van der Waals surface area contributed by atoms with Gasteiger partial charge in [-0.1, -0.05) is 0 Å². The molecule has 3 aliphatic rings. The lowest BCUT2D eigenvalue weighted by Gasteiger charge is -2.38. The predicted octanol–water partition coefficient (Wildman–Crippen LogP) is 1.96. The fourth-order valence-corrected chi connectivity index (χ4v) is 5.42. The van der Waals surface area contributed by atoms with Gasteiger partial charge in [0, 0.05) is 30.5 Å². The Balaban J connectivity index is 1.89. The number of nitrogens with zero attached hydrogens (tertiary/aromatic N) is 1. The molecule has 4 rings (SSSR count). The van der Waals surface area contributed by atoms with Gasteiger partial charge in [0.15, 0.2) is 17.3 Å². The Kier molecular flexibility index (Phi) is 4.03. The molecule has 2 aliphatic carbocycles. The van der Waals surface area contributed by atoms with Gasteiger partial charge in [0.05, 0.1) is 27.0 Å². The lowest BCUT2D eigenvalue weighted by molar-refractivity contribution is -0.128. The number of phenols is 1. The summed E-state index contributed by atoms with van der Waals surface area (Å²) in [5.41, 5.74) is 0.993. The normalized spacial score (nSPS) is 31.6. The third-order valence-corrected chi connectivity index (χ3v) is 6.57. The molecule has 0 radical (unpaired) electrons. The molecule has 146 valence electrons. The second kappa shape index (κ2) is 6.05. The van der Waals surface area contributed by atoms with E-state index in [1.54, 1.807) is 13.2 Å². The second-order valence-electron chi connectivity index (χ2n) is 7.59. The van der Waals surface area contributed by atoms with Crippen molar-refractivity contribution in [3.05, 3.63) is 23.5 Å². The van der Waals surface area contributed by atoms with Gasteiger partial charge in [-0.25, -0.2) is 0 Å². The summed E-state index contributed by atoms with van der Waals surface area (Å²) < 4.78 is 16.1. The molecule has 4 atom stereocenters. The average molecular weight is 375 g/mol. The highest BCUT2D eigenvalue weighted by molar-refractivity contribution is 5.98. The molecule has 0 aromatic heterocycles. The number of methoxy groups -OCH3 is 3. The van der Waals surface area contributed by atoms with Crippen molar-refractivity contribution in [2.24, 2.45) is 5.41 Å². The summed E-state index contributed by atoms with van der Waals surface area (Å²) in [6.45, 7) is 0. The molecule has 1 aromatic carbocycles. The number of benzene rings is 1. The third-order valence-electron chi connectivity index (χ3n) is 6.57. The van der Waals surface area contributed by atoms with Gasteiger partial charge in [-0.05, 0) is 30.9 Å². The number of fused-ring (bicyclic) bond motifs is 4. The Bertz CT molecular complexity index is 834. The molecule has 1 saturated carbocycles. The molecular formula is C20H25NO6. The van der Waals surface area contributed by atoms with E-state index in [0.717, 1.165) is 17.7 Å². The number of ketones is 1. The van der Waals surface area contributed by atoms with Gasteiger partial charge < -0.3 is 29.3 Å². The molecule has 1 spiro atoms. The predicted molar refractivity (Wildman–Crippen MR) is 98.5 cm³/mol. The molecule has 1 heterocycles. The van der Waals surface area contributed by atoms with Crippen LogP contribution >= 0.6 is 0 Å². The van der Waals surface area contributed by atoms with Crippen molar-refractivity contribution in [3.63, 3.8) is 0 Å². The number of rotatable bonds is 3. The van der Waals surface area contributed by atoms with Crippen LogP contribution in [0.2, 0.25) is 0 Å². The minimum Gasteiger partial charge on any atom is -0.504 e. The van der Waals surface area contributed by atoms with Crippen molar-refractivity contribution in [2.75, 3.05) is 33.3 Å². The standard InChI is InChI=1S/C20H25NO6/c1-21-11-5-6-20(9-13(23)14(25-2)8-15(20)24)16(11)10-7-12(22)18(26-3)19(27-4)17(10)21/h7-8,11,13,16,22-23H,5-6,9H2,1-4H3/t11?,13?,16-,20?/m0/s1. The van der Waals surface area contributed by atoms with Gasteiger partial charge in [0.1, 0.15) is 11.9 Å². The number of phenolic OH excluding ortho intramolecular Hbond substituents is 1. The smallest absolute Gasteiger partial charge is 0.205 e. The van der Waals surface area contributed by atoms with Crippen molar-refractivity contribution in [2.45, 2.75) is 37.3 Å². The zero-order valence-electron chi connectivity index (χ0n) is 16.0. The van der Waals surface area contributed by atoms with Crippen LogP contribution in [0, 0.1) is 5.41 Å². The highest BCUT2D eigenvalue weighted by atomic mass is 16.5. The van der Waals surface area contributed by atoms with E-state index >= 15 is 0 Å². The Morgan fingerprint density at radius 2 is 1.89 bits per heavy atom. The monoisotopic (exact) mass is 375 g/mol. The number of aliphatic hydroxyl groups is 1. The minimum atomic E-state index is -0.811. The van der Waals surface area contributed by atoms with Crippen LogP contribution in [0.15, 0.2) is 17.9 Å². The zero-order valence-corrected chi connectivity index (χ0v) is 16.0. The summed E-state index contributed by atoms with van der Waals surface area (Å²) in [4.78, 5) is 15.3. The fourth-order valence-electron chi connectivity index (χ4n) is 5.42. The molecule has 2 N–H and O–H groups in total. The molecule has 1 aromatic rings. The van der Waals surface area contributed by atoms with Crippen LogP contribution in [0.4, 0.5) is 5.69 Å². The van der Waals surface area contributed by atoms with Gasteiger partial charge in [0.25, 0.3) is 0 Å². The summed E-state index contributed by atoms with van der Waals surface area (Å²) in [5.74, 6) is 0.898. The molecule has 7 heteroatoms. The van der Waals surface area contributed by atoms with Crippen molar-refractivity contribution >= 4 is 11.5 Å². The molecule has 1 fully saturated rings. The van der Waals surface area contributed by atoms with Crippen molar-refractivity contribution in [3.8, 4) is 17.2 Å². The Labute approximate surface area is 158 Å². The zero-order chi connectivity index (χ0) is 19.5. The van der Waals surface area contributed by atoms with E-state index in [0.29, 0.717) is 24.4 Å². The maximum absolute atomic E-state index is 13.2. The number of hydrogen-bond acceptors (Lipinski definition) is 7. The van der Waals surface area contributed by atoms with Crippen LogP contribution in [-0.2, 0) is 9.53 Å². The topological polar surface area (TPSA) is 88.5 Å². The van der Waals surface area contributed by atoms with E-state index in [-0.39, 0.29) is 29.2 Å². The van der Waals surface area contributed by atoms with E-state index in [1.807, 2.05) is 7.05 Å². The molecule has 0 amide bonds. The summed E-state index contributed by atoms with van der Waals surface area (Å²) >= 11 is 0. The molecule has 0 bridgehead atoms. The number of ether oxygens (including phenoxy) is 3. The lowest BCUT2D eigenvalue weighted by Crippen LogP contribution is -2.42. The summed E-state index contributed by atoms with van der Waals surface area (Å²) in [7, 11) is 6.46. The van der Waals surface area contributed by atoms with E-state index in [2.05, 4.69) is 4.90 Å². The van der Waals surface area contributed by atoms with Crippen LogP contribution in [-0.4, -0.2) is 56.5 Å². The summed E-state index contributed by atoms with van der Waals surface area (Å²) in [5, 5.41) is 21.0. The molecule has 27 heavy (non-hydrogen) atoms. The Hall–Kier alpha value is -2.41. The third kappa shape index (κ3) is 2.21. The summed E-state index contributed by atoms with van der Waals surface area (Å²) in [6, 6.07) is 1.77. The molecular weight excluding hydrogens is 350 g/mol. The highest BCUT2D eigenvalue weighted by Crippen LogP contribution is 2.64. The maximum Gasteiger partial charge on any atom is 0.205 e. The van der Waals surface area contributed by atoms with Crippen LogP contribution in [0.3, 0.4) is 0 Å². The summed E-state index contributed by atoms with van der Waals surface area (Å²) in [6.07, 6.45) is 2.44. The van der Waals surface area contributed by atoms with Crippen LogP contribution < -0.4 is 14.4 Å². The second-order valence-corrected chi connectivity index (χ2v) is 7.59. The minimum absolute atomic E-state index is 0.0128. The van der Waals surface area contributed by atoms with Crippen molar-refractivity contribution in [1.82, 2.24) is 0 Å². The van der Waals surface area contributed by atoms with E-state index in [4.69, 9.17) is 14.2 Å². The number of aromatic hydroxyl groups is 1. The number of carbonyl (C=O) groups is 1. The first-order chi connectivity index (χ1) is 12.9. The van der Waals surface area contributed by atoms with Crippen molar-refractivity contribution < 1.29 is 29.2 Å². The van der Waals surface area contributed by atoms with Crippen LogP contribution in [0.25, 0.3) is 0 Å². The average Bonchev–Trinajstić information content (AvgIpc) is 3.15. The van der Waals surface area contributed by atoms with Gasteiger partial charge in [0.2, 0.25) is 5.75 Å². The first kappa shape index (κ1) is 18.0. The molecule has 3 unspecified atom stereocenters. The molecule has 7 nitrogen and oxygen atoms in total. The van der Waals surface area contributed by atoms with Crippen molar-refractivity contribution in [1.29, 1.82) is 0 Å². The molecule has 1 aliphatic heterocycles. The number of anilines is 1. The number of carbonyl (C=O) groups excluding carboxylic acids is 1. The lowest BCUT2D eigenvalue weighted by atomic mass is 9.65. The van der Waals surface area contributed by atoms with Crippen LogP contribution in [0.5, 0.6) is 17.2 Å². The maximum atomic E-state index is 13.2. The molecule has 0 saturated heterocycles. The van der Waals surface area contributed by atoms with Crippen LogP contribution in [0.1, 0.15) is 30.7 Å².